The third-order valence-electron chi connectivity index (χ3n) is 4.26. The van der Waals surface area contributed by atoms with Crippen LogP contribution in [0, 0.1) is 11.7 Å². The largest absolute Gasteiger partial charge is 0.478 e. The van der Waals surface area contributed by atoms with Gasteiger partial charge < -0.3 is 10.4 Å². The van der Waals surface area contributed by atoms with Gasteiger partial charge in [-0.1, -0.05) is 24.3 Å². The molecule has 0 atom stereocenters. The number of rotatable bonds is 5. The van der Waals surface area contributed by atoms with Crippen molar-refractivity contribution in [2.45, 2.75) is 19.0 Å². The number of benzene rings is 2. The number of halogens is 4. The lowest BCUT2D eigenvalue weighted by Gasteiger charge is -2.09. The number of amides is 1. The van der Waals surface area contributed by atoms with Crippen LogP contribution in [0.1, 0.15) is 39.9 Å². The average Bonchev–Trinajstić information content (AvgIpc) is 3.45. The van der Waals surface area contributed by atoms with Crippen LogP contribution >= 0.6 is 0 Å². The van der Waals surface area contributed by atoms with Crippen LogP contribution in [0.15, 0.2) is 36.4 Å². The summed E-state index contributed by atoms with van der Waals surface area (Å²) in [4.78, 5) is 23.3. The van der Waals surface area contributed by atoms with Gasteiger partial charge in [0.25, 0.3) is 0 Å². The molecule has 2 N–H and O–H groups in total. The molecule has 146 valence electrons. The Bertz CT molecular complexity index is 962. The van der Waals surface area contributed by atoms with E-state index in [1.807, 2.05) is 0 Å². The Labute approximate surface area is 157 Å². The first-order chi connectivity index (χ1) is 13.1. The molecule has 8 heteroatoms. The van der Waals surface area contributed by atoms with Crippen LogP contribution in [0.2, 0.25) is 0 Å². The van der Waals surface area contributed by atoms with Gasteiger partial charge >= 0.3 is 12.1 Å². The van der Waals surface area contributed by atoms with Crippen LogP contribution < -0.4 is 5.32 Å². The summed E-state index contributed by atoms with van der Waals surface area (Å²) in [5.41, 5.74) is -0.755. The van der Waals surface area contributed by atoms with Crippen molar-refractivity contribution in [3.63, 3.8) is 0 Å². The minimum absolute atomic E-state index is 0.0732. The second-order valence-corrected chi connectivity index (χ2v) is 6.44. The number of anilines is 1. The van der Waals surface area contributed by atoms with E-state index >= 15 is 0 Å². The predicted molar refractivity (Wildman–Crippen MR) is 95.1 cm³/mol. The maximum Gasteiger partial charge on any atom is 0.416 e. The number of aromatic carboxylic acids is 1. The lowest BCUT2D eigenvalue weighted by atomic mass is 10.1. The summed E-state index contributed by atoms with van der Waals surface area (Å²) in [5, 5.41) is 11.9. The molecule has 0 saturated heterocycles. The molecular weight excluding hydrogens is 378 g/mol. The van der Waals surface area contributed by atoms with Gasteiger partial charge in [-0.05, 0) is 42.7 Å². The molecular formula is C20H15F4NO3. The predicted octanol–water partition coefficient (Wildman–Crippen LogP) is 5.06. The Morgan fingerprint density at radius 2 is 1.79 bits per heavy atom. The zero-order chi connectivity index (χ0) is 20.5. The molecule has 28 heavy (non-hydrogen) atoms. The number of carboxylic acids is 1. The highest BCUT2D eigenvalue weighted by molar-refractivity contribution is 6.02. The SMILES string of the molecule is O=C(O)c1cc(C=Cc2ccc(C(F)(F)F)cc2F)ccc1NC(=O)C1CC1. The van der Waals surface area contributed by atoms with E-state index < -0.39 is 23.5 Å². The first kappa shape index (κ1) is 19.6. The molecule has 0 spiro atoms. The fourth-order valence-corrected chi connectivity index (χ4v) is 2.56. The first-order valence-electron chi connectivity index (χ1n) is 8.38. The Morgan fingerprint density at radius 3 is 2.36 bits per heavy atom. The van der Waals surface area contributed by atoms with Gasteiger partial charge in [0.05, 0.1) is 16.8 Å². The highest BCUT2D eigenvalue weighted by atomic mass is 19.4. The van der Waals surface area contributed by atoms with Gasteiger partial charge in [0.1, 0.15) is 5.82 Å². The Hall–Kier alpha value is -3.16. The molecule has 1 amide bonds. The number of carbonyl (C=O) groups is 2. The van der Waals surface area contributed by atoms with Gasteiger partial charge in [0, 0.05) is 11.5 Å². The van der Waals surface area contributed by atoms with E-state index in [0.717, 1.165) is 25.0 Å². The molecule has 0 aromatic heterocycles. The van der Waals surface area contributed by atoms with E-state index in [9.17, 15) is 32.3 Å². The van der Waals surface area contributed by atoms with Crippen LogP contribution in [0.25, 0.3) is 12.2 Å². The Kier molecular flexibility index (Phi) is 5.22. The molecule has 1 fully saturated rings. The third-order valence-corrected chi connectivity index (χ3v) is 4.26. The van der Waals surface area contributed by atoms with Crippen LogP contribution in [0.4, 0.5) is 23.2 Å². The van der Waals surface area contributed by atoms with E-state index in [1.54, 1.807) is 0 Å². The van der Waals surface area contributed by atoms with Crippen molar-refractivity contribution in [1.29, 1.82) is 0 Å². The molecule has 3 rings (SSSR count). The number of alkyl halides is 3. The summed E-state index contributed by atoms with van der Waals surface area (Å²) >= 11 is 0. The zero-order valence-electron chi connectivity index (χ0n) is 14.4. The molecule has 0 bridgehead atoms. The number of carbonyl (C=O) groups excluding carboxylic acids is 1. The fourth-order valence-electron chi connectivity index (χ4n) is 2.56. The zero-order valence-corrected chi connectivity index (χ0v) is 14.4. The van der Waals surface area contributed by atoms with E-state index in [-0.39, 0.29) is 28.6 Å². The number of hydrogen-bond donors (Lipinski definition) is 2. The van der Waals surface area contributed by atoms with Crippen LogP contribution in [-0.2, 0) is 11.0 Å². The molecule has 2 aromatic rings. The van der Waals surface area contributed by atoms with Crippen molar-refractivity contribution >= 4 is 29.7 Å². The van der Waals surface area contributed by atoms with Gasteiger partial charge in [-0.15, -0.1) is 0 Å². The van der Waals surface area contributed by atoms with Crippen LogP contribution in [0.5, 0.6) is 0 Å². The smallest absolute Gasteiger partial charge is 0.416 e. The Balaban J connectivity index is 1.83. The Morgan fingerprint density at radius 1 is 1.07 bits per heavy atom. The van der Waals surface area contributed by atoms with Crippen LogP contribution in [-0.4, -0.2) is 17.0 Å². The van der Waals surface area contributed by atoms with Crippen molar-refractivity contribution in [3.8, 4) is 0 Å². The summed E-state index contributed by atoms with van der Waals surface area (Å²) < 4.78 is 51.6. The quantitative estimate of drug-likeness (QED) is 0.551. The van der Waals surface area contributed by atoms with E-state index in [0.29, 0.717) is 11.6 Å². The van der Waals surface area contributed by atoms with Crippen molar-refractivity contribution in [1.82, 2.24) is 0 Å². The molecule has 0 heterocycles. The number of nitrogens with one attached hydrogen (secondary N) is 1. The minimum Gasteiger partial charge on any atom is -0.478 e. The summed E-state index contributed by atoms with van der Waals surface area (Å²) in [5.74, 6) is -2.62. The number of hydrogen-bond acceptors (Lipinski definition) is 2. The highest BCUT2D eigenvalue weighted by Crippen LogP contribution is 2.32. The number of carboxylic acid groups (broad SMARTS) is 1. The van der Waals surface area contributed by atoms with E-state index in [2.05, 4.69) is 5.32 Å². The van der Waals surface area contributed by atoms with Gasteiger partial charge in [0.15, 0.2) is 0 Å². The molecule has 1 aliphatic rings. The lowest BCUT2D eigenvalue weighted by molar-refractivity contribution is -0.137. The van der Waals surface area contributed by atoms with Crippen molar-refractivity contribution < 1.29 is 32.3 Å². The normalized spacial score (nSPS) is 14.3. The van der Waals surface area contributed by atoms with Gasteiger partial charge in [-0.3, -0.25) is 4.79 Å². The molecule has 0 radical (unpaired) electrons. The molecule has 0 unspecified atom stereocenters. The van der Waals surface area contributed by atoms with Gasteiger partial charge in [0.2, 0.25) is 5.91 Å². The first-order valence-corrected chi connectivity index (χ1v) is 8.38. The molecule has 1 saturated carbocycles. The molecule has 4 nitrogen and oxygen atoms in total. The van der Waals surface area contributed by atoms with E-state index in [1.165, 1.54) is 30.4 Å². The lowest BCUT2D eigenvalue weighted by Crippen LogP contribution is -2.16. The van der Waals surface area contributed by atoms with Crippen molar-refractivity contribution in [3.05, 3.63) is 64.5 Å². The molecule has 2 aromatic carbocycles. The van der Waals surface area contributed by atoms with E-state index in [4.69, 9.17) is 0 Å². The van der Waals surface area contributed by atoms with Crippen molar-refractivity contribution in [2.24, 2.45) is 5.92 Å². The third kappa shape index (κ3) is 4.57. The maximum absolute atomic E-state index is 13.9. The molecule has 1 aliphatic carbocycles. The summed E-state index contributed by atoms with van der Waals surface area (Å²) in [7, 11) is 0. The maximum atomic E-state index is 13.9. The van der Waals surface area contributed by atoms with Crippen molar-refractivity contribution in [2.75, 3.05) is 5.32 Å². The van der Waals surface area contributed by atoms with Gasteiger partial charge in [-0.25, -0.2) is 9.18 Å². The average molecular weight is 393 g/mol. The monoisotopic (exact) mass is 393 g/mol. The summed E-state index contributed by atoms with van der Waals surface area (Å²) in [6.45, 7) is 0. The highest BCUT2D eigenvalue weighted by Gasteiger charge is 2.31. The standard InChI is InChI=1S/C20H15F4NO3/c21-16-10-14(20(22,23)24)7-6-12(16)3-1-11-2-8-17(15(9-11)19(27)28)25-18(26)13-4-5-13/h1-3,6-10,13H,4-5H2,(H,25,26)(H,27,28). The fraction of sp³-hybridized carbons (Fsp3) is 0.200. The minimum atomic E-state index is -4.64. The second kappa shape index (κ2) is 7.46. The second-order valence-electron chi connectivity index (χ2n) is 6.44. The van der Waals surface area contributed by atoms with Gasteiger partial charge in [-0.2, -0.15) is 13.2 Å². The van der Waals surface area contributed by atoms with Crippen LogP contribution in [0.3, 0.4) is 0 Å². The topological polar surface area (TPSA) is 66.4 Å². The molecule has 0 aliphatic heterocycles. The summed E-state index contributed by atoms with van der Waals surface area (Å²) in [6.07, 6.45) is -0.467. The summed E-state index contributed by atoms with van der Waals surface area (Å²) in [6, 6.07) is 6.40.